The molecule has 0 aliphatic rings. The molecule has 0 aliphatic carbocycles. The molecule has 1 N–H and O–H groups in total. The highest BCUT2D eigenvalue weighted by atomic mass is 15.3. The number of hydrogen-bond donors (Lipinski definition) is 1. The molecular formula is C19H23N5. The minimum absolute atomic E-state index is 0.188. The highest BCUT2D eigenvalue weighted by molar-refractivity contribution is 5.20. The minimum atomic E-state index is 0.188. The molecule has 2 heterocycles. The van der Waals surface area contributed by atoms with Crippen molar-refractivity contribution in [3.63, 3.8) is 0 Å². The van der Waals surface area contributed by atoms with Crippen molar-refractivity contribution in [1.29, 1.82) is 0 Å². The van der Waals surface area contributed by atoms with Crippen LogP contribution >= 0.6 is 0 Å². The van der Waals surface area contributed by atoms with Crippen molar-refractivity contribution in [1.82, 2.24) is 24.9 Å². The van der Waals surface area contributed by atoms with E-state index in [0.29, 0.717) is 0 Å². The van der Waals surface area contributed by atoms with E-state index in [9.17, 15) is 0 Å². The maximum absolute atomic E-state index is 4.51. The molecule has 0 bridgehead atoms. The van der Waals surface area contributed by atoms with E-state index in [2.05, 4.69) is 52.6 Å². The lowest BCUT2D eigenvalue weighted by atomic mass is 10.1. The normalized spacial score (nSPS) is 12.2. The van der Waals surface area contributed by atoms with Crippen molar-refractivity contribution in [3.8, 4) is 0 Å². The van der Waals surface area contributed by atoms with Crippen LogP contribution in [0.5, 0.6) is 0 Å². The molecular weight excluding hydrogens is 298 g/mol. The second kappa shape index (κ2) is 7.75. The van der Waals surface area contributed by atoms with E-state index in [1.165, 1.54) is 11.1 Å². The Balaban J connectivity index is 1.73. The Morgan fingerprint density at radius 2 is 2.04 bits per heavy atom. The molecule has 0 radical (unpaired) electrons. The summed E-state index contributed by atoms with van der Waals surface area (Å²) < 4.78 is 3.88. The van der Waals surface area contributed by atoms with Gasteiger partial charge in [0.1, 0.15) is 0 Å². The number of nitrogens with one attached hydrogen (secondary N) is 1. The lowest BCUT2D eigenvalue weighted by Crippen LogP contribution is -2.25. The molecule has 0 unspecified atom stereocenters. The fourth-order valence-corrected chi connectivity index (χ4v) is 2.76. The quantitative estimate of drug-likeness (QED) is 0.649. The molecule has 0 saturated heterocycles. The van der Waals surface area contributed by atoms with Gasteiger partial charge < -0.3 is 5.32 Å². The Morgan fingerprint density at radius 1 is 1.21 bits per heavy atom. The van der Waals surface area contributed by atoms with Crippen LogP contribution in [0.4, 0.5) is 0 Å². The molecule has 24 heavy (non-hydrogen) atoms. The van der Waals surface area contributed by atoms with Gasteiger partial charge in [-0.1, -0.05) is 36.4 Å². The molecule has 3 rings (SSSR count). The van der Waals surface area contributed by atoms with Gasteiger partial charge in [-0.2, -0.15) is 10.2 Å². The van der Waals surface area contributed by atoms with E-state index in [4.69, 9.17) is 0 Å². The lowest BCUT2D eigenvalue weighted by molar-refractivity contribution is 0.437. The van der Waals surface area contributed by atoms with Gasteiger partial charge in [0.25, 0.3) is 0 Å². The van der Waals surface area contributed by atoms with E-state index >= 15 is 0 Å². The van der Waals surface area contributed by atoms with Gasteiger partial charge in [0.2, 0.25) is 0 Å². The number of hydrogen-bond acceptors (Lipinski definition) is 3. The number of allylic oxidation sites excluding steroid dienone is 1. The van der Waals surface area contributed by atoms with Crippen LogP contribution in [0.15, 0.2) is 67.6 Å². The fourth-order valence-electron chi connectivity index (χ4n) is 2.76. The van der Waals surface area contributed by atoms with Crippen molar-refractivity contribution in [3.05, 3.63) is 84.5 Å². The predicted molar refractivity (Wildman–Crippen MR) is 95.4 cm³/mol. The lowest BCUT2D eigenvalue weighted by Gasteiger charge is -2.19. The number of rotatable bonds is 8. The third kappa shape index (κ3) is 4.00. The first-order chi connectivity index (χ1) is 11.8. The van der Waals surface area contributed by atoms with Gasteiger partial charge in [0.15, 0.2) is 0 Å². The molecule has 0 aliphatic heterocycles. The molecule has 5 heteroatoms. The summed E-state index contributed by atoms with van der Waals surface area (Å²) in [4.78, 5) is 0. The molecule has 1 aromatic carbocycles. The Hall–Kier alpha value is -2.66. The molecule has 2 aromatic heterocycles. The zero-order valence-corrected chi connectivity index (χ0v) is 14.0. The topological polar surface area (TPSA) is 47.7 Å². The minimum Gasteiger partial charge on any atom is -0.304 e. The molecule has 1 atom stereocenters. The molecule has 0 saturated carbocycles. The average Bonchev–Trinajstić information content (AvgIpc) is 3.22. The highest BCUT2D eigenvalue weighted by Gasteiger charge is 2.13. The summed E-state index contributed by atoms with van der Waals surface area (Å²) in [6.45, 7) is 8.10. The number of nitrogens with zero attached hydrogens (tertiary/aromatic N) is 4. The first-order valence-electron chi connectivity index (χ1n) is 8.16. The second-order valence-corrected chi connectivity index (χ2v) is 5.82. The maximum Gasteiger partial charge on any atom is 0.0638 e. The van der Waals surface area contributed by atoms with Crippen LogP contribution in [0, 0.1) is 6.92 Å². The van der Waals surface area contributed by atoms with Crippen LogP contribution in [-0.4, -0.2) is 19.6 Å². The number of benzene rings is 1. The summed E-state index contributed by atoms with van der Waals surface area (Å²) in [5.41, 5.74) is 3.51. The third-order valence-corrected chi connectivity index (χ3v) is 4.03. The van der Waals surface area contributed by atoms with Crippen LogP contribution in [0.1, 0.15) is 22.9 Å². The van der Waals surface area contributed by atoms with Crippen molar-refractivity contribution in [2.24, 2.45) is 0 Å². The van der Waals surface area contributed by atoms with Crippen molar-refractivity contribution >= 4 is 0 Å². The largest absolute Gasteiger partial charge is 0.304 e. The standard InChI is InChI=1S/C19H23N5/c1-3-11-24-14-18(16(2)22-24)13-20-19(15-23-12-7-10-21-23)17-8-5-4-6-9-17/h3-10,12,14,19-20H,1,11,13,15H2,2H3/t19-/m1/s1. The summed E-state index contributed by atoms with van der Waals surface area (Å²) >= 11 is 0. The van der Waals surface area contributed by atoms with E-state index in [1.54, 1.807) is 0 Å². The van der Waals surface area contributed by atoms with Gasteiger partial charge in [0.05, 0.1) is 24.8 Å². The summed E-state index contributed by atoms with van der Waals surface area (Å²) in [7, 11) is 0. The van der Waals surface area contributed by atoms with Gasteiger partial charge in [0, 0.05) is 30.7 Å². The van der Waals surface area contributed by atoms with Gasteiger partial charge in [-0.15, -0.1) is 6.58 Å². The van der Waals surface area contributed by atoms with E-state index in [-0.39, 0.29) is 6.04 Å². The molecule has 124 valence electrons. The summed E-state index contributed by atoms with van der Waals surface area (Å²) in [5.74, 6) is 0. The molecule has 0 amide bonds. The Labute approximate surface area is 142 Å². The van der Waals surface area contributed by atoms with Crippen LogP contribution in [0.3, 0.4) is 0 Å². The van der Waals surface area contributed by atoms with Crippen molar-refractivity contribution < 1.29 is 0 Å². The molecule has 0 fully saturated rings. The average molecular weight is 321 g/mol. The van der Waals surface area contributed by atoms with E-state index in [1.807, 2.05) is 46.9 Å². The second-order valence-electron chi connectivity index (χ2n) is 5.82. The molecule has 5 nitrogen and oxygen atoms in total. The summed E-state index contributed by atoms with van der Waals surface area (Å²) in [5, 5.41) is 12.5. The molecule has 3 aromatic rings. The zero-order chi connectivity index (χ0) is 16.8. The predicted octanol–water partition coefficient (Wildman–Crippen LogP) is 3.11. The van der Waals surface area contributed by atoms with Crippen molar-refractivity contribution in [2.45, 2.75) is 32.6 Å². The monoisotopic (exact) mass is 321 g/mol. The zero-order valence-electron chi connectivity index (χ0n) is 14.0. The van der Waals surface area contributed by atoms with Gasteiger partial charge in [-0.3, -0.25) is 9.36 Å². The van der Waals surface area contributed by atoms with Crippen LogP contribution in [0.2, 0.25) is 0 Å². The Bertz CT molecular complexity index is 758. The van der Waals surface area contributed by atoms with Gasteiger partial charge >= 0.3 is 0 Å². The summed E-state index contributed by atoms with van der Waals surface area (Å²) in [6, 6.07) is 12.6. The van der Waals surface area contributed by atoms with Crippen LogP contribution in [0.25, 0.3) is 0 Å². The molecule has 0 spiro atoms. The number of aryl methyl sites for hydroxylation is 1. The highest BCUT2D eigenvalue weighted by Crippen LogP contribution is 2.16. The number of aromatic nitrogens is 4. The Kier molecular flexibility index (Phi) is 5.23. The SMILES string of the molecule is C=CCn1cc(CN[C@H](Cn2cccn2)c2ccccc2)c(C)n1. The Morgan fingerprint density at radius 3 is 2.75 bits per heavy atom. The van der Waals surface area contributed by atoms with Crippen LogP contribution in [-0.2, 0) is 19.6 Å². The van der Waals surface area contributed by atoms with E-state index < -0.39 is 0 Å². The van der Waals surface area contributed by atoms with Gasteiger partial charge in [-0.25, -0.2) is 0 Å². The fraction of sp³-hybridized carbons (Fsp3) is 0.263. The van der Waals surface area contributed by atoms with Gasteiger partial charge in [-0.05, 0) is 18.6 Å². The van der Waals surface area contributed by atoms with Crippen molar-refractivity contribution in [2.75, 3.05) is 0 Å². The third-order valence-electron chi connectivity index (χ3n) is 4.03. The summed E-state index contributed by atoms with van der Waals surface area (Å²) in [6.07, 6.45) is 7.74. The first kappa shape index (κ1) is 16.2. The van der Waals surface area contributed by atoms with E-state index in [0.717, 1.165) is 25.3 Å². The first-order valence-corrected chi connectivity index (χ1v) is 8.16. The maximum atomic E-state index is 4.51. The van der Waals surface area contributed by atoms with Crippen LogP contribution < -0.4 is 5.32 Å². The smallest absolute Gasteiger partial charge is 0.0638 e.